The van der Waals surface area contributed by atoms with Crippen LogP contribution in [0, 0.1) is 0 Å². The van der Waals surface area contributed by atoms with Crippen LogP contribution in [-0.2, 0) is 51.3 Å². The summed E-state index contributed by atoms with van der Waals surface area (Å²) in [5.74, 6) is 0. The Morgan fingerprint density at radius 1 is 1.00 bits per heavy atom. The molecule has 0 atom stereocenters. The van der Waals surface area contributed by atoms with Crippen LogP contribution in [0.15, 0.2) is 0 Å². The first-order valence-electron chi connectivity index (χ1n) is 1.07. The van der Waals surface area contributed by atoms with Gasteiger partial charge in [-0.25, -0.2) is 0 Å². The summed E-state index contributed by atoms with van der Waals surface area (Å²) in [7, 11) is 0. The monoisotopic (exact) mass is 178 g/mol. The Bertz CT molecular complexity index is 79.7. The number of hydrogen-bond acceptors (Lipinski definition) is 4. The van der Waals surface area contributed by atoms with Crippen LogP contribution in [0.5, 0.6) is 0 Å². The molecule has 0 aliphatic heterocycles. The van der Waals surface area contributed by atoms with Crippen molar-refractivity contribution in [3.05, 3.63) is 0 Å². The minimum absolute atomic E-state index is 0. The Hall–Kier alpha value is 0.274. The molecular formula is C2NiO2S2. The third-order valence-electron chi connectivity index (χ3n) is 0.167. The molecule has 0 spiro atoms. The molecule has 7 heavy (non-hydrogen) atoms. The standard InChI is InChI=1S/C2H2O2S2.Ni/c3-1(5)2(4)6;/h(H,3,5)(H,4,6);/q;+2/p-2. The van der Waals surface area contributed by atoms with E-state index in [9.17, 15) is 9.59 Å². The normalized spacial score (nSPS) is 6.29. The molecule has 0 unspecified atom stereocenters. The van der Waals surface area contributed by atoms with E-state index in [2.05, 4.69) is 25.3 Å². The van der Waals surface area contributed by atoms with Crippen molar-refractivity contribution in [1.82, 2.24) is 0 Å². The van der Waals surface area contributed by atoms with Crippen LogP contribution >= 0.6 is 0 Å². The van der Waals surface area contributed by atoms with Crippen LogP contribution < -0.4 is 0 Å². The second-order valence-electron chi connectivity index (χ2n) is 0.575. The maximum absolute atomic E-state index is 9.50. The molecule has 0 saturated heterocycles. The van der Waals surface area contributed by atoms with E-state index in [0.29, 0.717) is 0 Å². The van der Waals surface area contributed by atoms with Crippen molar-refractivity contribution in [3.8, 4) is 0 Å². The van der Waals surface area contributed by atoms with Gasteiger partial charge in [-0.3, -0.25) is 0 Å². The first-order valence-corrected chi connectivity index (χ1v) is 1.88. The zero-order valence-corrected chi connectivity index (χ0v) is 5.57. The van der Waals surface area contributed by atoms with E-state index in [0.717, 1.165) is 0 Å². The zero-order valence-electron chi connectivity index (χ0n) is 2.95. The summed E-state index contributed by atoms with van der Waals surface area (Å²) in [5, 5.41) is -1.96. The molecule has 0 aromatic carbocycles. The molecule has 0 rings (SSSR count). The van der Waals surface area contributed by atoms with Crippen molar-refractivity contribution >= 4 is 35.5 Å². The zero-order chi connectivity index (χ0) is 5.15. The van der Waals surface area contributed by atoms with E-state index in [1.807, 2.05) is 0 Å². The summed E-state index contributed by atoms with van der Waals surface area (Å²) in [6.45, 7) is 0. The Labute approximate surface area is 61.8 Å². The minimum atomic E-state index is -0.981. The molecule has 0 amide bonds. The second kappa shape index (κ2) is 4.43. The maximum atomic E-state index is 9.50. The summed E-state index contributed by atoms with van der Waals surface area (Å²) in [6.07, 6.45) is 0. The van der Waals surface area contributed by atoms with Gasteiger partial charge in [0, 0.05) is 0 Å². The second-order valence-corrected chi connectivity index (χ2v) is 1.32. The van der Waals surface area contributed by atoms with Gasteiger partial charge in [-0.05, 0) is 0 Å². The minimum Gasteiger partial charge on any atom is -0.736 e. The molecule has 2 nitrogen and oxygen atoms in total. The summed E-state index contributed by atoms with van der Waals surface area (Å²) in [4.78, 5) is 19.0. The predicted molar refractivity (Wildman–Crippen MR) is 24.7 cm³/mol. The first-order chi connectivity index (χ1) is 2.64. The van der Waals surface area contributed by atoms with E-state index >= 15 is 0 Å². The molecule has 0 fully saturated rings. The fraction of sp³-hybridized carbons (Fsp3) is 0. The SMILES string of the molecule is O=C([S-])C(=O)[S-].[Ni+2]. The summed E-state index contributed by atoms with van der Waals surface area (Å²) in [6, 6.07) is 0. The van der Waals surface area contributed by atoms with Gasteiger partial charge in [0.15, 0.2) is 0 Å². The summed E-state index contributed by atoms with van der Waals surface area (Å²) < 4.78 is 0. The number of carbonyl (C=O) groups is 2. The van der Waals surface area contributed by atoms with Gasteiger partial charge in [-0.1, -0.05) is 0 Å². The quantitative estimate of drug-likeness (QED) is 0.297. The Balaban J connectivity index is 0. The van der Waals surface area contributed by atoms with E-state index in [-0.39, 0.29) is 16.5 Å². The summed E-state index contributed by atoms with van der Waals surface area (Å²) >= 11 is 7.62. The Kier molecular flexibility index (Phi) is 6.52. The number of hydrogen-bond donors (Lipinski definition) is 0. The predicted octanol–water partition coefficient (Wildman–Crippen LogP) is -0.869. The van der Waals surface area contributed by atoms with E-state index in [1.165, 1.54) is 0 Å². The van der Waals surface area contributed by atoms with Crippen LogP contribution in [0.2, 0.25) is 0 Å². The Morgan fingerprint density at radius 2 is 1.14 bits per heavy atom. The van der Waals surface area contributed by atoms with Gasteiger partial charge < -0.3 is 34.8 Å². The molecule has 0 radical (unpaired) electrons. The Morgan fingerprint density at radius 3 is 1.14 bits per heavy atom. The third-order valence-corrected chi connectivity index (χ3v) is 0.667. The van der Waals surface area contributed by atoms with Crippen LogP contribution in [0.25, 0.3) is 0 Å². The van der Waals surface area contributed by atoms with Crippen LogP contribution in [0.1, 0.15) is 0 Å². The molecule has 5 heteroatoms. The van der Waals surface area contributed by atoms with Crippen molar-refractivity contribution < 1.29 is 26.1 Å². The van der Waals surface area contributed by atoms with Gasteiger partial charge >= 0.3 is 16.5 Å². The van der Waals surface area contributed by atoms with Crippen LogP contribution in [0.4, 0.5) is 0 Å². The van der Waals surface area contributed by atoms with Crippen molar-refractivity contribution in [3.63, 3.8) is 0 Å². The molecular weight excluding hydrogens is 179 g/mol. The molecule has 0 aromatic rings. The average Bonchev–Trinajstić information content (AvgIpc) is 1.36. The van der Waals surface area contributed by atoms with Gasteiger partial charge in [-0.2, -0.15) is 0 Å². The van der Waals surface area contributed by atoms with Gasteiger partial charge in [0.05, 0.1) is 10.2 Å². The van der Waals surface area contributed by atoms with E-state index < -0.39 is 10.2 Å². The first kappa shape index (κ1) is 10.3. The molecule has 0 aliphatic carbocycles. The van der Waals surface area contributed by atoms with Crippen LogP contribution in [-0.4, -0.2) is 10.2 Å². The molecule has 0 N–H and O–H groups in total. The van der Waals surface area contributed by atoms with Crippen molar-refractivity contribution in [2.75, 3.05) is 0 Å². The summed E-state index contributed by atoms with van der Waals surface area (Å²) in [5.41, 5.74) is 0. The van der Waals surface area contributed by atoms with Crippen molar-refractivity contribution in [2.24, 2.45) is 0 Å². The fourth-order valence-corrected chi connectivity index (χ4v) is 0. The fourth-order valence-electron chi connectivity index (χ4n) is 0. The maximum Gasteiger partial charge on any atom is 2.00 e. The van der Waals surface area contributed by atoms with Crippen molar-refractivity contribution in [1.29, 1.82) is 0 Å². The average molecular weight is 179 g/mol. The molecule has 0 saturated carbocycles. The molecule has 0 heterocycles. The number of carbonyl (C=O) groups excluding carboxylic acids is 2. The van der Waals surface area contributed by atoms with E-state index in [1.54, 1.807) is 0 Å². The molecule has 0 bridgehead atoms. The van der Waals surface area contributed by atoms with Gasteiger partial charge in [0.25, 0.3) is 0 Å². The third kappa shape index (κ3) is 6.27. The van der Waals surface area contributed by atoms with Crippen LogP contribution in [0.3, 0.4) is 0 Å². The molecule has 0 aromatic heterocycles. The van der Waals surface area contributed by atoms with Crippen molar-refractivity contribution in [2.45, 2.75) is 0 Å². The topological polar surface area (TPSA) is 34.1 Å². The van der Waals surface area contributed by atoms with Gasteiger partial charge in [0.1, 0.15) is 0 Å². The smallest absolute Gasteiger partial charge is 0.736 e. The van der Waals surface area contributed by atoms with Gasteiger partial charge in [0.2, 0.25) is 0 Å². The molecule has 42 valence electrons. The largest absolute Gasteiger partial charge is 2.00 e. The number of rotatable bonds is 1. The van der Waals surface area contributed by atoms with E-state index in [4.69, 9.17) is 0 Å². The molecule has 0 aliphatic rings. The van der Waals surface area contributed by atoms with Gasteiger partial charge in [-0.15, -0.1) is 0 Å².